The summed E-state index contributed by atoms with van der Waals surface area (Å²) in [6, 6.07) is 9.22. The van der Waals surface area contributed by atoms with E-state index in [1.807, 2.05) is 12.1 Å². The van der Waals surface area contributed by atoms with E-state index in [-0.39, 0.29) is 5.54 Å². The molecule has 0 aromatic heterocycles. The van der Waals surface area contributed by atoms with E-state index in [0.717, 1.165) is 6.04 Å². The van der Waals surface area contributed by atoms with Gasteiger partial charge in [-0.3, -0.25) is 0 Å². The van der Waals surface area contributed by atoms with Gasteiger partial charge in [-0.25, -0.2) is 0 Å². The molecule has 1 unspecified atom stereocenters. The molecule has 1 aliphatic carbocycles. The van der Waals surface area contributed by atoms with Crippen molar-refractivity contribution in [3.05, 3.63) is 41.5 Å². The van der Waals surface area contributed by atoms with Gasteiger partial charge in [0.25, 0.3) is 6.69 Å². The molecule has 0 spiro atoms. The van der Waals surface area contributed by atoms with Crippen molar-refractivity contribution >= 4 is 34.9 Å². The van der Waals surface area contributed by atoms with Crippen LogP contribution in [0.25, 0.3) is 6.08 Å². The smallest absolute Gasteiger partial charge is 0.145 e. The third-order valence-electron chi connectivity index (χ3n) is 2.73. The highest BCUT2D eigenvalue weighted by Gasteiger charge is 2.38. The van der Waals surface area contributed by atoms with Gasteiger partial charge in [-0.05, 0) is 17.2 Å². The predicted octanol–water partition coefficient (Wildman–Crippen LogP) is 4.28. The molecule has 1 aromatic rings. The van der Waals surface area contributed by atoms with Crippen LogP contribution < -0.4 is 0 Å². The number of allylic oxidation sites excluding steroid dienone is 1. The van der Waals surface area contributed by atoms with E-state index in [2.05, 4.69) is 31.2 Å². The highest BCUT2D eigenvalue weighted by Crippen LogP contribution is 2.42. The lowest BCUT2D eigenvalue weighted by Crippen LogP contribution is -2.26. The van der Waals surface area contributed by atoms with Gasteiger partial charge in [0.1, 0.15) is 0 Å². The minimum absolute atomic E-state index is 0.270. The summed E-state index contributed by atoms with van der Waals surface area (Å²) in [7, 11) is 0. The molecule has 0 amide bonds. The molecule has 14 heavy (non-hydrogen) atoms. The van der Waals surface area contributed by atoms with Crippen LogP contribution in [-0.2, 0) is 0 Å². The largest absolute Gasteiger partial charge is 0.261 e. The van der Waals surface area contributed by atoms with Crippen LogP contribution in [0, 0.1) is 0 Å². The van der Waals surface area contributed by atoms with E-state index in [1.165, 1.54) is 11.1 Å². The first-order chi connectivity index (χ1) is 6.65. The standard InChI is InChI=1S/C11H12Cl2Si/c1-2-14(12,13)11-8-7-9-5-3-4-6-10(9)11/h3-8,11H,2H2,1H3. The van der Waals surface area contributed by atoms with Crippen LogP contribution in [0.1, 0.15) is 23.6 Å². The van der Waals surface area contributed by atoms with Gasteiger partial charge in [-0.2, -0.15) is 0 Å². The molecule has 74 valence electrons. The van der Waals surface area contributed by atoms with E-state index in [0.29, 0.717) is 0 Å². The van der Waals surface area contributed by atoms with E-state index >= 15 is 0 Å². The minimum atomic E-state index is -2.14. The quantitative estimate of drug-likeness (QED) is 0.537. The zero-order valence-electron chi connectivity index (χ0n) is 8.00. The molecule has 0 nitrogen and oxygen atoms in total. The molecular weight excluding hydrogens is 231 g/mol. The van der Waals surface area contributed by atoms with Crippen LogP contribution in [0.15, 0.2) is 30.3 Å². The zero-order chi connectivity index (χ0) is 10.2. The summed E-state index contributed by atoms with van der Waals surface area (Å²) in [5.41, 5.74) is 2.84. The van der Waals surface area contributed by atoms with Crippen molar-refractivity contribution in [1.82, 2.24) is 0 Å². The molecule has 0 radical (unpaired) electrons. The molecule has 0 aliphatic heterocycles. The lowest BCUT2D eigenvalue weighted by molar-refractivity contribution is 1.18. The molecule has 0 heterocycles. The van der Waals surface area contributed by atoms with E-state index in [9.17, 15) is 0 Å². The molecule has 0 saturated heterocycles. The topological polar surface area (TPSA) is 0 Å². The second-order valence-corrected chi connectivity index (χ2v) is 11.1. The van der Waals surface area contributed by atoms with E-state index < -0.39 is 6.69 Å². The zero-order valence-corrected chi connectivity index (χ0v) is 10.5. The number of benzene rings is 1. The summed E-state index contributed by atoms with van der Waals surface area (Å²) in [5, 5.41) is 0. The Kier molecular flexibility index (Phi) is 2.74. The molecule has 0 fully saturated rings. The number of hydrogen-bond acceptors (Lipinski definition) is 0. The molecule has 1 aliphatic rings. The first-order valence-electron chi connectivity index (χ1n) is 4.80. The van der Waals surface area contributed by atoms with Crippen LogP contribution in [0.3, 0.4) is 0 Å². The Hall–Kier alpha value is -0.243. The van der Waals surface area contributed by atoms with Gasteiger partial charge in [0.2, 0.25) is 0 Å². The number of fused-ring (bicyclic) bond motifs is 1. The molecular formula is C11H12Cl2Si. The lowest BCUT2D eigenvalue weighted by Gasteiger charge is -2.22. The average Bonchev–Trinajstić information content (AvgIpc) is 2.61. The first kappa shape index (κ1) is 10.3. The van der Waals surface area contributed by atoms with Crippen LogP contribution in [0.2, 0.25) is 6.04 Å². The second kappa shape index (κ2) is 3.73. The molecule has 0 saturated carbocycles. The average molecular weight is 243 g/mol. The number of rotatable bonds is 2. The fraction of sp³-hybridized carbons (Fsp3) is 0.273. The summed E-state index contributed by atoms with van der Waals surface area (Å²) >= 11 is 12.8. The lowest BCUT2D eigenvalue weighted by atomic mass is 10.1. The van der Waals surface area contributed by atoms with Gasteiger partial charge in [0.05, 0.1) is 0 Å². The summed E-state index contributed by atoms with van der Waals surface area (Å²) in [5.74, 6) is 0. The number of hydrogen-bond donors (Lipinski definition) is 0. The Morgan fingerprint density at radius 1 is 1.29 bits per heavy atom. The van der Waals surface area contributed by atoms with Crippen LogP contribution >= 0.6 is 22.2 Å². The van der Waals surface area contributed by atoms with Crippen LogP contribution in [-0.4, -0.2) is 6.69 Å². The highest BCUT2D eigenvalue weighted by molar-refractivity contribution is 7.46. The normalized spacial score (nSPS) is 19.8. The van der Waals surface area contributed by atoms with Crippen molar-refractivity contribution in [2.45, 2.75) is 18.5 Å². The Labute approximate surface area is 95.0 Å². The van der Waals surface area contributed by atoms with Gasteiger partial charge < -0.3 is 0 Å². The maximum Gasteiger partial charge on any atom is 0.261 e. The van der Waals surface area contributed by atoms with Gasteiger partial charge in [0.15, 0.2) is 0 Å². The summed E-state index contributed by atoms with van der Waals surface area (Å²) in [6.45, 7) is -0.0674. The highest BCUT2D eigenvalue weighted by atomic mass is 35.7. The van der Waals surface area contributed by atoms with Crippen molar-refractivity contribution in [3.63, 3.8) is 0 Å². The van der Waals surface area contributed by atoms with E-state index in [4.69, 9.17) is 22.2 Å². The van der Waals surface area contributed by atoms with Crippen molar-refractivity contribution < 1.29 is 0 Å². The Morgan fingerprint density at radius 3 is 2.71 bits per heavy atom. The minimum Gasteiger partial charge on any atom is -0.145 e. The molecule has 0 N–H and O–H groups in total. The number of halogens is 2. The van der Waals surface area contributed by atoms with Crippen LogP contribution in [0.5, 0.6) is 0 Å². The molecule has 1 aromatic carbocycles. The van der Waals surface area contributed by atoms with Crippen LogP contribution in [0.4, 0.5) is 0 Å². The summed E-state index contributed by atoms with van der Waals surface area (Å²) < 4.78 is 0. The summed E-state index contributed by atoms with van der Waals surface area (Å²) in [6.07, 6.45) is 4.28. The predicted molar refractivity (Wildman–Crippen MR) is 66.2 cm³/mol. The maximum atomic E-state index is 6.41. The van der Waals surface area contributed by atoms with Crippen molar-refractivity contribution in [1.29, 1.82) is 0 Å². The molecule has 3 heteroatoms. The fourth-order valence-electron chi connectivity index (χ4n) is 1.84. The third kappa shape index (κ3) is 1.65. The third-order valence-corrected chi connectivity index (χ3v) is 8.10. The molecule has 0 bridgehead atoms. The SMILES string of the molecule is CC[Si](Cl)(Cl)C1C=Cc2ccccc21. The van der Waals surface area contributed by atoms with Gasteiger partial charge in [-0.1, -0.05) is 43.3 Å². The van der Waals surface area contributed by atoms with Crippen molar-refractivity contribution in [2.75, 3.05) is 0 Å². The molecule has 2 rings (SSSR count). The van der Waals surface area contributed by atoms with Gasteiger partial charge in [-0.15, -0.1) is 22.2 Å². The molecule has 1 atom stereocenters. The van der Waals surface area contributed by atoms with E-state index in [1.54, 1.807) is 0 Å². The first-order valence-corrected chi connectivity index (χ1v) is 9.11. The Morgan fingerprint density at radius 2 is 2.00 bits per heavy atom. The van der Waals surface area contributed by atoms with Crippen molar-refractivity contribution in [3.8, 4) is 0 Å². The summed E-state index contributed by atoms with van der Waals surface area (Å²) in [4.78, 5) is 0. The fourth-order valence-corrected chi connectivity index (χ4v) is 4.51. The van der Waals surface area contributed by atoms with Gasteiger partial charge >= 0.3 is 0 Å². The maximum absolute atomic E-state index is 6.41. The Balaban J connectivity index is 2.40. The Bertz CT molecular complexity index is 371. The van der Waals surface area contributed by atoms with Gasteiger partial charge in [0, 0.05) is 5.54 Å². The van der Waals surface area contributed by atoms with Crippen molar-refractivity contribution in [2.24, 2.45) is 0 Å². The monoisotopic (exact) mass is 242 g/mol. The second-order valence-electron chi connectivity index (χ2n) is 3.58.